The highest BCUT2D eigenvalue weighted by atomic mass is 16.7. The summed E-state index contributed by atoms with van der Waals surface area (Å²) in [7, 11) is 1.85. The number of hydrogen-bond donors (Lipinski definition) is 1. The van der Waals surface area contributed by atoms with Crippen LogP contribution in [0, 0.1) is 11.3 Å². The van der Waals surface area contributed by atoms with Gasteiger partial charge in [0.25, 0.3) is 0 Å². The van der Waals surface area contributed by atoms with E-state index in [0.717, 1.165) is 6.42 Å². The molecule has 2 N–H and O–H groups in total. The van der Waals surface area contributed by atoms with Gasteiger partial charge in [-0.15, -0.1) is 10.2 Å². The van der Waals surface area contributed by atoms with Crippen LogP contribution in [0.3, 0.4) is 0 Å². The first-order chi connectivity index (χ1) is 12.0. The number of hydrogen-bond acceptors (Lipinski definition) is 8. The first-order valence-electron chi connectivity index (χ1n) is 8.31. The third-order valence-corrected chi connectivity index (χ3v) is 4.60. The number of likely N-dealkylation sites (tertiary alicyclic amines) is 1. The molecule has 0 radical (unpaired) electrons. The molecule has 2 fully saturated rings. The molecule has 2 aliphatic heterocycles. The van der Waals surface area contributed by atoms with Crippen LogP contribution in [0.1, 0.15) is 25.6 Å². The summed E-state index contributed by atoms with van der Waals surface area (Å²) in [5, 5.41) is 19.0. The molecule has 136 valence electrons. The Kier molecular flexibility index (Phi) is 5.29. The highest BCUT2D eigenvalue weighted by molar-refractivity contribution is 5.76. The lowest BCUT2D eigenvalue weighted by atomic mass is 9.98. The number of ether oxygens (including phenoxy) is 1. The number of carbonyl (C=O) groups excluding carboxylic acids is 1. The summed E-state index contributed by atoms with van der Waals surface area (Å²) in [5.41, 5.74) is 5.32. The summed E-state index contributed by atoms with van der Waals surface area (Å²) in [4.78, 5) is 19.1. The highest BCUT2D eigenvalue weighted by Gasteiger charge is 2.46. The Morgan fingerprint density at radius 1 is 1.60 bits per heavy atom. The van der Waals surface area contributed by atoms with Crippen LogP contribution >= 0.6 is 0 Å². The van der Waals surface area contributed by atoms with Crippen molar-refractivity contribution in [3.05, 3.63) is 12.2 Å². The van der Waals surface area contributed by atoms with Gasteiger partial charge in [-0.2, -0.15) is 10.3 Å². The van der Waals surface area contributed by atoms with Gasteiger partial charge in [-0.3, -0.25) is 14.5 Å². The molecule has 2 unspecified atom stereocenters. The van der Waals surface area contributed by atoms with Crippen molar-refractivity contribution in [1.82, 2.24) is 24.7 Å². The highest BCUT2D eigenvalue weighted by Crippen LogP contribution is 2.32. The van der Waals surface area contributed by atoms with E-state index in [1.165, 1.54) is 0 Å². The Balaban J connectivity index is 1.67. The fraction of sp³-hybridized carbons (Fsp3) is 0.733. The van der Waals surface area contributed by atoms with E-state index in [0.29, 0.717) is 18.8 Å². The van der Waals surface area contributed by atoms with E-state index in [2.05, 4.69) is 16.3 Å². The molecule has 25 heavy (non-hydrogen) atoms. The quantitative estimate of drug-likeness (QED) is 0.497. The lowest BCUT2D eigenvalue weighted by Gasteiger charge is -2.39. The van der Waals surface area contributed by atoms with Gasteiger partial charge in [0, 0.05) is 13.6 Å². The van der Waals surface area contributed by atoms with Crippen molar-refractivity contribution in [2.45, 2.75) is 50.8 Å². The molecular weight excluding hydrogens is 326 g/mol. The number of primary amides is 1. The van der Waals surface area contributed by atoms with Crippen LogP contribution < -0.4 is 5.73 Å². The lowest BCUT2D eigenvalue weighted by Crippen LogP contribution is -2.54. The van der Waals surface area contributed by atoms with E-state index in [9.17, 15) is 10.1 Å². The number of carbonyl (C=O) groups is 1. The molecule has 3 rings (SSSR count). The summed E-state index contributed by atoms with van der Waals surface area (Å²) >= 11 is 0. The number of amides is 1. The maximum atomic E-state index is 11.3. The molecule has 1 aromatic rings. The van der Waals surface area contributed by atoms with Gasteiger partial charge in [-0.25, -0.2) is 0 Å². The van der Waals surface area contributed by atoms with Crippen molar-refractivity contribution in [3.63, 3.8) is 0 Å². The van der Waals surface area contributed by atoms with Gasteiger partial charge in [0.05, 0.1) is 30.8 Å². The topological polar surface area (TPSA) is 126 Å². The summed E-state index contributed by atoms with van der Waals surface area (Å²) in [6.45, 7) is 2.84. The Morgan fingerprint density at radius 2 is 2.36 bits per heavy atom. The third kappa shape index (κ3) is 4.13. The van der Waals surface area contributed by atoms with Crippen LogP contribution in [-0.4, -0.2) is 68.1 Å². The van der Waals surface area contributed by atoms with E-state index >= 15 is 0 Å². The standard InChI is InChI=1S/C15H23N7O3/c1-10-15(25-10)22(24-8-14-19-18-9-20(14)2)12-4-3-11(5-16)21(6-12)7-13(17)23/h9-12,15H,3-4,6-8H2,1-2H3,(H2,17,23)/t10?,11-,12+,15?/m0/s1. The van der Waals surface area contributed by atoms with Crippen LogP contribution in [0.15, 0.2) is 6.33 Å². The second-order valence-electron chi connectivity index (χ2n) is 6.49. The first-order valence-corrected chi connectivity index (χ1v) is 8.31. The smallest absolute Gasteiger partial charge is 0.231 e. The minimum absolute atomic E-state index is 0.00660. The fourth-order valence-corrected chi connectivity index (χ4v) is 3.15. The molecule has 0 bridgehead atoms. The van der Waals surface area contributed by atoms with Crippen molar-refractivity contribution in [2.24, 2.45) is 12.8 Å². The van der Waals surface area contributed by atoms with Crippen molar-refractivity contribution < 1.29 is 14.4 Å². The number of nitrogens with zero attached hydrogens (tertiary/aromatic N) is 6. The van der Waals surface area contributed by atoms with Crippen LogP contribution in [-0.2, 0) is 28.0 Å². The average molecular weight is 349 g/mol. The zero-order chi connectivity index (χ0) is 18.0. The second-order valence-corrected chi connectivity index (χ2v) is 6.49. The van der Waals surface area contributed by atoms with Gasteiger partial charge in [0.15, 0.2) is 12.1 Å². The molecule has 4 atom stereocenters. The van der Waals surface area contributed by atoms with Crippen LogP contribution in [0.5, 0.6) is 0 Å². The molecule has 0 aromatic carbocycles. The molecule has 1 amide bonds. The van der Waals surface area contributed by atoms with Gasteiger partial charge in [0.1, 0.15) is 12.9 Å². The Hall–Kier alpha value is -2.06. The molecule has 0 spiro atoms. The van der Waals surface area contributed by atoms with E-state index in [1.807, 2.05) is 23.9 Å². The normalized spacial score (nSPS) is 29.5. The number of epoxide rings is 1. The number of aryl methyl sites for hydroxylation is 1. The molecule has 0 aliphatic carbocycles. The maximum Gasteiger partial charge on any atom is 0.231 e. The number of hydroxylamine groups is 2. The molecule has 3 heterocycles. The molecule has 1 aromatic heterocycles. The van der Waals surface area contributed by atoms with Gasteiger partial charge in [-0.05, 0) is 19.8 Å². The monoisotopic (exact) mass is 349 g/mol. The van der Waals surface area contributed by atoms with Crippen LogP contribution in [0.25, 0.3) is 0 Å². The number of aromatic nitrogens is 3. The summed E-state index contributed by atoms with van der Waals surface area (Å²) in [6, 6.07) is 1.94. The zero-order valence-electron chi connectivity index (χ0n) is 14.4. The molecule has 0 saturated carbocycles. The Morgan fingerprint density at radius 3 is 2.92 bits per heavy atom. The second kappa shape index (κ2) is 7.45. The maximum absolute atomic E-state index is 11.3. The summed E-state index contributed by atoms with van der Waals surface area (Å²) < 4.78 is 7.38. The Labute approximate surface area is 146 Å². The van der Waals surface area contributed by atoms with E-state index < -0.39 is 5.91 Å². The number of nitrogens with two attached hydrogens (primary N) is 1. The van der Waals surface area contributed by atoms with Crippen molar-refractivity contribution in [1.29, 1.82) is 5.26 Å². The molecule has 10 nitrogen and oxygen atoms in total. The predicted octanol–water partition coefficient (Wildman–Crippen LogP) is -0.865. The number of piperidine rings is 1. The molecular formula is C15H23N7O3. The third-order valence-electron chi connectivity index (χ3n) is 4.60. The van der Waals surface area contributed by atoms with Crippen molar-refractivity contribution in [3.8, 4) is 6.07 Å². The lowest BCUT2D eigenvalue weighted by molar-refractivity contribution is -0.230. The SMILES string of the molecule is CC1OC1N(OCc1nncn1C)[C@@H]1CC[C@@H](C#N)N(CC(N)=O)C1. The van der Waals surface area contributed by atoms with Gasteiger partial charge in [0.2, 0.25) is 5.91 Å². The number of nitriles is 1. The zero-order valence-corrected chi connectivity index (χ0v) is 14.4. The fourth-order valence-electron chi connectivity index (χ4n) is 3.15. The van der Waals surface area contributed by atoms with Gasteiger partial charge >= 0.3 is 0 Å². The first kappa shape index (κ1) is 17.8. The van der Waals surface area contributed by atoms with E-state index in [1.54, 1.807) is 10.9 Å². The summed E-state index contributed by atoms with van der Waals surface area (Å²) in [5.74, 6) is 0.265. The average Bonchev–Trinajstić information content (AvgIpc) is 3.14. The largest absolute Gasteiger partial charge is 0.369 e. The molecule has 2 aliphatic rings. The van der Waals surface area contributed by atoms with Crippen molar-refractivity contribution in [2.75, 3.05) is 13.1 Å². The van der Waals surface area contributed by atoms with E-state index in [4.69, 9.17) is 15.3 Å². The predicted molar refractivity (Wildman–Crippen MR) is 85.2 cm³/mol. The van der Waals surface area contributed by atoms with Crippen molar-refractivity contribution >= 4 is 5.91 Å². The van der Waals surface area contributed by atoms with Gasteiger partial charge < -0.3 is 15.0 Å². The minimum Gasteiger partial charge on any atom is -0.369 e. The Bertz CT molecular complexity index is 658. The molecule has 10 heteroatoms. The minimum atomic E-state index is -0.441. The van der Waals surface area contributed by atoms with E-state index in [-0.39, 0.29) is 37.6 Å². The van der Waals surface area contributed by atoms with Crippen LogP contribution in [0.4, 0.5) is 0 Å². The number of rotatable bonds is 7. The summed E-state index contributed by atoms with van der Waals surface area (Å²) in [6.07, 6.45) is 3.00. The van der Waals surface area contributed by atoms with Gasteiger partial charge in [-0.1, -0.05) is 0 Å². The van der Waals surface area contributed by atoms with Crippen LogP contribution in [0.2, 0.25) is 0 Å². The molecule has 2 saturated heterocycles.